The summed E-state index contributed by atoms with van der Waals surface area (Å²) in [6.45, 7) is 8.29. The smallest absolute Gasteiger partial charge is 0.160 e. The minimum Gasteiger partial charge on any atom is -0.493 e. The molecule has 0 N–H and O–H groups in total. The first-order valence-corrected chi connectivity index (χ1v) is 11.6. The van der Waals surface area contributed by atoms with Crippen LogP contribution in [0.25, 0.3) is 0 Å². The van der Waals surface area contributed by atoms with Gasteiger partial charge < -0.3 is 14.5 Å². The van der Waals surface area contributed by atoms with Crippen molar-refractivity contribution >= 4 is 22.6 Å². The first-order chi connectivity index (χ1) is 14.2. The second kappa shape index (κ2) is 7.90. The summed E-state index contributed by atoms with van der Waals surface area (Å²) in [5.74, 6) is 0.990. The number of hydrogen-bond acceptors (Lipinski definition) is 6. The standard InChI is InChI=1S/C23H28N4OS/c1-3-28-20-14-17(26-12-6-7-13-26)9-10-18(20)22-21(19-8-4-5-11-24-19)25-23-27(22)15-16(2)29-23/h4-5,8-11,14,16,21-22H,3,6-7,12-13,15H2,1-2H3/t16-,21+,22-/m0/s1. The Labute approximate surface area is 177 Å². The molecule has 3 aliphatic rings. The number of ether oxygens (including phenoxy) is 1. The lowest BCUT2D eigenvalue weighted by Gasteiger charge is -2.29. The zero-order valence-corrected chi connectivity index (χ0v) is 17.9. The number of anilines is 1. The molecular formula is C23H28N4OS. The maximum Gasteiger partial charge on any atom is 0.160 e. The molecule has 0 amide bonds. The van der Waals surface area contributed by atoms with Crippen LogP contribution in [0.3, 0.4) is 0 Å². The number of thioether (sulfide) groups is 1. The fourth-order valence-electron chi connectivity index (χ4n) is 4.67. The molecule has 29 heavy (non-hydrogen) atoms. The molecule has 0 spiro atoms. The molecule has 152 valence electrons. The highest BCUT2D eigenvalue weighted by Crippen LogP contribution is 2.50. The Morgan fingerprint density at radius 3 is 2.79 bits per heavy atom. The van der Waals surface area contributed by atoms with Gasteiger partial charge in [0.05, 0.1) is 18.3 Å². The van der Waals surface area contributed by atoms with E-state index in [1.165, 1.54) is 24.1 Å². The maximum atomic E-state index is 6.18. The topological polar surface area (TPSA) is 41.0 Å². The Morgan fingerprint density at radius 1 is 1.17 bits per heavy atom. The third-order valence-electron chi connectivity index (χ3n) is 5.97. The number of amidine groups is 1. The van der Waals surface area contributed by atoms with Crippen molar-refractivity contribution in [3.05, 3.63) is 53.9 Å². The second-order valence-electron chi connectivity index (χ2n) is 7.99. The zero-order chi connectivity index (χ0) is 19.8. The monoisotopic (exact) mass is 408 g/mol. The van der Waals surface area contributed by atoms with Gasteiger partial charge in [-0.3, -0.25) is 9.98 Å². The second-order valence-corrected chi connectivity index (χ2v) is 9.39. The number of pyridine rings is 1. The quantitative estimate of drug-likeness (QED) is 0.719. The Hall–Kier alpha value is -2.21. The van der Waals surface area contributed by atoms with Crippen LogP contribution in [0.1, 0.15) is 50.0 Å². The highest BCUT2D eigenvalue weighted by Gasteiger charge is 2.44. The van der Waals surface area contributed by atoms with E-state index >= 15 is 0 Å². The van der Waals surface area contributed by atoms with Crippen molar-refractivity contribution in [2.45, 2.75) is 44.0 Å². The van der Waals surface area contributed by atoms with E-state index in [4.69, 9.17) is 9.73 Å². The Balaban J connectivity index is 1.56. The predicted octanol–water partition coefficient (Wildman–Crippen LogP) is 4.67. The summed E-state index contributed by atoms with van der Waals surface area (Å²) in [6, 6.07) is 13.0. The minimum atomic E-state index is 0.00282. The summed E-state index contributed by atoms with van der Waals surface area (Å²) in [4.78, 5) is 14.7. The van der Waals surface area contributed by atoms with E-state index in [2.05, 4.69) is 59.0 Å². The molecule has 0 bridgehead atoms. The highest BCUT2D eigenvalue weighted by molar-refractivity contribution is 8.14. The molecule has 6 heteroatoms. The van der Waals surface area contributed by atoms with E-state index in [0.717, 1.165) is 36.2 Å². The molecule has 2 saturated heterocycles. The molecule has 5 nitrogen and oxygen atoms in total. The lowest BCUT2D eigenvalue weighted by atomic mass is 9.95. The first-order valence-electron chi connectivity index (χ1n) is 10.7. The Kier molecular flexibility index (Phi) is 5.12. The Morgan fingerprint density at radius 2 is 2.03 bits per heavy atom. The van der Waals surface area contributed by atoms with E-state index in [0.29, 0.717) is 11.9 Å². The molecule has 1 aromatic carbocycles. The fraction of sp³-hybridized carbons (Fsp3) is 0.478. The van der Waals surface area contributed by atoms with Crippen molar-refractivity contribution in [2.24, 2.45) is 4.99 Å². The molecule has 2 aromatic rings. The van der Waals surface area contributed by atoms with Crippen LogP contribution in [0, 0.1) is 0 Å². The summed E-state index contributed by atoms with van der Waals surface area (Å²) in [5.41, 5.74) is 3.52. The van der Waals surface area contributed by atoms with E-state index in [1.54, 1.807) is 0 Å². The van der Waals surface area contributed by atoms with Crippen molar-refractivity contribution in [1.82, 2.24) is 9.88 Å². The molecule has 2 fully saturated rings. The number of aliphatic imine (C=N–C) groups is 1. The fourth-order valence-corrected chi connectivity index (χ4v) is 5.77. The van der Waals surface area contributed by atoms with Crippen LogP contribution in [0.4, 0.5) is 5.69 Å². The van der Waals surface area contributed by atoms with Gasteiger partial charge in [0, 0.05) is 48.4 Å². The molecule has 1 aromatic heterocycles. The van der Waals surface area contributed by atoms with Crippen LogP contribution >= 0.6 is 11.8 Å². The zero-order valence-electron chi connectivity index (χ0n) is 17.1. The first kappa shape index (κ1) is 18.8. The number of fused-ring (bicyclic) bond motifs is 1. The van der Waals surface area contributed by atoms with Gasteiger partial charge in [-0.25, -0.2) is 0 Å². The predicted molar refractivity (Wildman–Crippen MR) is 120 cm³/mol. The number of benzene rings is 1. The molecule has 0 saturated carbocycles. The van der Waals surface area contributed by atoms with Gasteiger partial charge in [-0.15, -0.1) is 0 Å². The third kappa shape index (κ3) is 3.48. The minimum absolute atomic E-state index is 0.00282. The molecule has 3 aliphatic heterocycles. The summed E-state index contributed by atoms with van der Waals surface area (Å²) < 4.78 is 6.18. The average molecular weight is 409 g/mol. The van der Waals surface area contributed by atoms with Gasteiger partial charge in [-0.2, -0.15) is 0 Å². The molecule has 0 radical (unpaired) electrons. The highest BCUT2D eigenvalue weighted by atomic mass is 32.2. The van der Waals surface area contributed by atoms with Gasteiger partial charge in [0.1, 0.15) is 11.8 Å². The summed E-state index contributed by atoms with van der Waals surface area (Å²) in [5, 5.41) is 1.70. The van der Waals surface area contributed by atoms with Crippen LogP contribution in [0.2, 0.25) is 0 Å². The molecule has 5 rings (SSSR count). The van der Waals surface area contributed by atoms with Gasteiger partial charge in [-0.1, -0.05) is 30.8 Å². The number of aromatic nitrogens is 1. The summed E-state index contributed by atoms with van der Waals surface area (Å²) >= 11 is 1.87. The van der Waals surface area contributed by atoms with Crippen LogP contribution < -0.4 is 9.64 Å². The summed E-state index contributed by atoms with van der Waals surface area (Å²) in [6.07, 6.45) is 4.41. The van der Waals surface area contributed by atoms with Crippen LogP contribution in [-0.2, 0) is 0 Å². The van der Waals surface area contributed by atoms with E-state index < -0.39 is 0 Å². The van der Waals surface area contributed by atoms with Gasteiger partial charge in [0.25, 0.3) is 0 Å². The largest absolute Gasteiger partial charge is 0.493 e. The number of hydrogen-bond donors (Lipinski definition) is 0. The van der Waals surface area contributed by atoms with Gasteiger partial charge >= 0.3 is 0 Å². The molecule has 0 aliphatic carbocycles. The lowest BCUT2D eigenvalue weighted by Crippen LogP contribution is -2.29. The summed E-state index contributed by atoms with van der Waals surface area (Å²) in [7, 11) is 0. The molecular weight excluding hydrogens is 380 g/mol. The van der Waals surface area contributed by atoms with E-state index in [9.17, 15) is 0 Å². The molecule has 4 heterocycles. The van der Waals surface area contributed by atoms with Crippen molar-refractivity contribution in [2.75, 3.05) is 31.1 Å². The lowest BCUT2D eigenvalue weighted by molar-refractivity contribution is 0.292. The third-order valence-corrected chi connectivity index (χ3v) is 7.07. The molecule has 3 atom stereocenters. The maximum absolute atomic E-state index is 6.18. The SMILES string of the molecule is CCOc1cc(N2CCCC2)ccc1[C@H]1[C@@H](c2ccccn2)N=C2S[C@@H](C)CN21. The normalized spacial score (nSPS) is 26.0. The van der Waals surface area contributed by atoms with Crippen LogP contribution in [-0.4, -0.2) is 46.5 Å². The van der Waals surface area contributed by atoms with E-state index in [1.807, 2.05) is 24.0 Å². The van der Waals surface area contributed by atoms with Crippen molar-refractivity contribution in [1.29, 1.82) is 0 Å². The molecule has 0 unspecified atom stereocenters. The Bertz CT molecular complexity index is 897. The van der Waals surface area contributed by atoms with Gasteiger partial charge in [0.2, 0.25) is 0 Å². The van der Waals surface area contributed by atoms with Crippen LogP contribution in [0.5, 0.6) is 5.75 Å². The number of nitrogens with zero attached hydrogens (tertiary/aromatic N) is 4. The van der Waals surface area contributed by atoms with E-state index in [-0.39, 0.29) is 12.1 Å². The van der Waals surface area contributed by atoms with Gasteiger partial charge in [-0.05, 0) is 38.0 Å². The van der Waals surface area contributed by atoms with Crippen molar-refractivity contribution < 1.29 is 4.74 Å². The number of rotatable bonds is 5. The van der Waals surface area contributed by atoms with Crippen LogP contribution in [0.15, 0.2) is 47.6 Å². The van der Waals surface area contributed by atoms with Crippen molar-refractivity contribution in [3.63, 3.8) is 0 Å². The van der Waals surface area contributed by atoms with Gasteiger partial charge in [0.15, 0.2) is 5.17 Å². The average Bonchev–Trinajstić information content (AvgIpc) is 3.45. The van der Waals surface area contributed by atoms with Crippen molar-refractivity contribution in [3.8, 4) is 5.75 Å².